The van der Waals surface area contributed by atoms with Crippen molar-refractivity contribution in [3.8, 4) is 0 Å². The number of rotatable bonds is 5. The van der Waals surface area contributed by atoms with Gasteiger partial charge in [0.25, 0.3) is 0 Å². The van der Waals surface area contributed by atoms with Crippen molar-refractivity contribution < 1.29 is 19.4 Å². The molecule has 5 rings (SSSR count). The maximum absolute atomic E-state index is 13.3. The van der Waals surface area contributed by atoms with E-state index in [0.717, 1.165) is 18.4 Å². The highest BCUT2D eigenvalue weighted by Crippen LogP contribution is 2.43. The van der Waals surface area contributed by atoms with Crippen molar-refractivity contribution in [1.82, 2.24) is 15.1 Å². The molecule has 2 N–H and O–H groups in total. The zero-order chi connectivity index (χ0) is 23.5. The highest BCUT2D eigenvalue weighted by atomic mass is 16.5. The Hall–Kier alpha value is -2.74. The number of aliphatic hydroxyl groups excluding tert-OH is 1. The summed E-state index contributed by atoms with van der Waals surface area (Å²) in [4.78, 5) is 30.1. The Morgan fingerprint density at radius 3 is 2.38 bits per heavy atom. The fourth-order valence-electron chi connectivity index (χ4n) is 5.48. The van der Waals surface area contributed by atoms with E-state index in [1.807, 2.05) is 41.3 Å². The average Bonchev–Trinajstić information content (AvgIpc) is 3.23. The Balaban J connectivity index is 1.21. The first-order valence-corrected chi connectivity index (χ1v) is 12.3. The van der Waals surface area contributed by atoms with Crippen LogP contribution in [0.1, 0.15) is 48.4 Å². The number of likely N-dealkylation sites (tertiary alicyclic amines) is 2. The number of piperidine rings is 2. The standard InChI is InChI=1S/C27H33N3O4/c31-22-10-14-30(15-11-22)26(33)25(20-6-2-1-3-7-20)28-18-24(32)29-16-12-27(13-17-29)23-9-5-4-8-21(23)19-34-27/h1-9,22,25,28,31H,10-19H2/t25-/m1/s1. The Morgan fingerprint density at radius 1 is 0.971 bits per heavy atom. The molecule has 1 spiro atoms. The van der Waals surface area contributed by atoms with E-state index in [0.29, 0.717) is 45.6 Å². The Bertz CT molecular complexity index is 1010. The Morgan fingerprint density at radius 2 is 1.65 bits per heavy atom. The fourth-order valence-corrected chi connectivity index (χ4v) is 5.48. The van der Waals surface area contributed by atoms with E-state index in [2.05, 4.69) is 23.5 Å². The van der Waals surface area contributed by atoms with Crippen molar-refractivity contribution >= 4 is 11.8 Å². The summed E-state index contributed by atoms with van der Waals surface area (Å²) in [5.74, 6) is -0.0385. The molecule has 0 radical (unpaired) electrons. The van der Waals surface area contributed by atoms with Gasteiger partial charge in [-0.15, -0.1) is 0 Å². The number of hydrogen-bond acceptors (Lipinski definition) is 5. The van der Waals surface area contributed by atoms with Crippen LogP contribution < -0.4 is 5.32 Å². The number of fused-ring (bicyclic) bond motifs is 2. The van der Waals surface area contributed by atoms with E-state index in [-0.39, 0.29) is 30.1 Å². The maximum atomic E-state index is 13.3. The van der Waals surface area contributed by atoms with Crippen LogP contribution in [0.5, 0.6) is 0 Å². The third-order valence-electron chi connectivity index (χ3n) is 7.55. The predicted molar refractivity (Wildman–Crippen MR) is 128 cm³/mol. The molecule has 3 aliphatic heterocycles. The second-order valence-electron chi connectivity index (χ2n) is 9.60. The van der Waals surface area contributed by atoms with Gasteiger partial charge in [-0.2, -0.15) is 0 Å². The lowest BCUT2D eigenvalue weighted by Crippen LogP contribution is -2.50. The first-order chi connectivity index (χ1) is 16.6. The van der Waals surface area contributed by atoms with Crippen LogP contribution >= 0.6 is 0 Å². The number of nitrogens with zero attached hydrogens (tertiary/aromatic N) is 2. The lowest BCUT2D eigenvalue weighted by Gasteiger charge is -2.39. The molecule has 2 aromatic rings. The largest absolute Gasteiger partial charge is 0.393 e. The summed E-state index contributed by atoms with van der Waals surface area (Å²) in [6.07, 6.45) is 2.41. The minimum atomic E-state index is -0.582. The molecule has 3 heterocycles. The topological polar surface area (TPSA) is 82.1 Å². The second kappa shape index (κ2) is 9.86. The van der Waals surface area contributed by atoms with E-state index in [9.17, 15) is 14.7 Å². The summed E-state index contributed by atoms with van der Waals surface area (Å²) in [5.41, 5.74) is 3.09. The summed E-state index contributed by atoms with van der Waals surface area (Å²) >= 11 is 0. The first kappa shape index (κ1) is 23.0. The fraction of sp³-hybridized carbons (Fsp3) is 0.481. The number of amides is 2. The highest BCUT2D eigenvalue weighted by Gasteiger charge is 2.43. The SMILES string of the molecule is O=C(CN[C@@H](C(=O)N1CCC(O)CC1)c1ccccc1)N1CCC2(CC1)OCc1ccccc12. The monoisotopic (exact) mass is 463 g/mol. The molecule has 34 heavy (non-hydrogen) atoms. The number of aliphatic hydroxyl groups is 1. The van der Waals surface area contributed by atoms with Crippen LogP contribution in [0.15, 0.2) is 54.6 Å². The molecule has 3 aliphatic rings. The zero-order valence-electron chi connectivity index (χ0n) is 19.5. The van der Waals surface area contributed by atoms with Crippen LogP contribution in [-0.2, 0) is 26.5 Å². The van der Waals surface area contributed by atoms with E-state index in [1.54, 1.807) is 4.90 Å². The summed E-state index contributed by atoms with van der Waals surface area (Å²) in [6, 6.07) is 17.3. The Labute approximate surface area is 200 Å². The maximum Gasteiger partial charge on any atom is 0.244 e. The van der Waals surface area contributed by atoms with Crippen LogP contribution in [0.4, 0.5) is 0 Å². The second-order valence-corrected chi connectivity index (χ2v) is 9.60. The van der Waals surface area contributed by atoms with E-state index in [4.69, 9.17) is 4.74 Å². The van der Waals surface area contributed by atoms with Gasteiger partial charge in [-0.1, -0.05) is 54.6 Å². The molecule has 7 heteroatoms. The minimum Gasteiger partial charge on any atom is -0.393 e. The molecule has 2 aromatic carbocycles. The molecule has 0 aromatic heterocycles. The van der Waals surface area contributed by atoms with Gasteiger partial charge in [0.2, 0.25) is 11.8 Å². The molecule has 0 unspecified atom stereocenters. The van der Waals surface area contributed by atoms with Gasteiger partial charge in [-0.25, -0.2) is 0 Å². The number of carbonyl (C=O) groups excluding carboxylic acids is 2. The lowest BCUT2D eigenvalue weighted by molar-refractivity contribution is -0.138. The van der Waals surface area contributed by atoms with Gasteiger partial charge >= 0.3 is 0 Å². The molecule has 1 atom stereocenters. The lowest BCUT2D eigenvalue weighted by atomic mass is 9.84. The highest BCUT2D eigenvalue weighted by molar-refractivity contribution is 5.85. The van der Waals surface area contributed by atoms with Crippen molar-refractivity contribution in [2.24, 2.45) is 0 Å². The van der Waals surface area contributed by atoms with Gasteiger partial charge in [-0.3, -0.25) is 14.9 Å². The number of hydrogen-bond donors (Lipinski definition) is 2. The first-order valence-electron chi connectivity index (χ1n) is 12.3. The number of benzene rings is 2. The molecule has 0 aliphatic carbocycles. The zero-order valence-corrected chi connectivity index (χ0v) is 19.5. The van der Waals surface area contributed by atoms with Gasteiger partial charge in [0.15, 0.2) is 0 Å². The molecule has 0 bridgehead atoms. The van der Waals surface area contributed by atoms with Gasteiger partial charge in [-0.05, 0) is 42.4 Å². The molecule has 2 fully saturated rings. The molecule has 2 saturated heterocycles. The molecular formula is C27H33N3O4. The Kier molecular flexibility index (Phi) is 6.68. The molecule has 180 valence electrons. The van der Waals surface area contributed by atoms with Crippen LogP contribution in [0.3, 0.4) is 0 Å². The van der Waals surface area contributed by atoms with Crippen LogP contribution in [0.25, 0.3) is 0 Å². The van der Waals surface area contributed by atoms with Crippen molar-refractivity contribution in [3.05, 3.63) is 71.3 Å². The van der Waals surface area contributed by atoms with E-state index in [1.165, 1.54) is 11.1 Å². The van der Waals surface area contributed by atoms with Gasteiger partial charge in [0, 0.05) is 26.2 Å². The normalized spacial score (nSPS) is 20.9. The average molecular weight is 464 g/mol. The van der Waals surface area contributed by atoms with E-state index < -0.39 is 6.04 Å². The molecule has 0 saturated carbocycles. The minimum absolute atomic E-state index is 0.00364. The van der Waals surface area contributed by atoms with Gasteiger partial charge < -0.3 is 19.6 Å². The van der Waals surface area contributed by atoms with Gasteiger partial charge in [0.05, 0.1) is 24.9 Å². The van der Waals surface area contributed by atoms with Crippen molar-refractivity contribution in [1.29, 1.82) is 0 Å². The summed E-state index contributed by atoms with van der Waals surface area (Å²) in [7, 11) is 0. The number of carbonyl (C=O) groups is 2. The molecule has 2 amide bonds. The molecule has 7 nitrogen and oxygen atoms in total. The van der Waals surface area contributed by atoms with Crippen molar-refractivity contribution in [3.63, 3.8) is 0 Å². The van der Waals surface area contributed by atoms with Crippen LogP contribution in [0.2, 0.25) is 0 Å². The predicted octanol–water partition coefficient (Wildman–Crippen LogP) is 2.35. The number of nitrogens with one attached hydrogen (secondary N) is 1. The van der Waals surface area contributed by atoms with Crippen molar-refractivity contribution in [2.75, 3.05) is 32.7 Å². The third kappa shape index (κ3) is 4.60. The summed E-state index contributed by atoms with van der Waals surface area (Å²) in [5, 5.41) is 13.0. The van der Waals surface area contributed by atoms with E-state index >= 15 is 0 Å². The summed E-state index contributed by atoms with van der Waals surface area (Å²) < 4.78 is 6.22. The molecular weight excluding hydrogens is 430 g/mol. The smallest absolute Gasteiger partial charge is 0.244 e. The van der Waals surface area contributed by atoms with Gasteiger partial charge in [0.1, 0.15) is 6.04 Å². The quantitative estimate of drug-likeness (QED) is 0.712. The summed E-state index contributed by atoms with van der Waals surface area (Å²) in [6.45, 7) is 3.10. The van der Waals surface area contributed by atoms with Crippen LogP contribution in [0, 0.1) is 0 Å². The van der Waals surface area contributed by atoms with Crippen molar-refractivity contribution in [2.45, 2.75) is 50.0 Å². The number of ether oxygens (including phenoxy) is 1. The van der Waals surface area contributed by atoms with Crippen LogP contribution in [-0.4, -0.2) is 65.5 Å². The third-order valence-corrected chi connectivity index (χ3v) is 7.55.